The molecule has 0 bridgehead atoms. The Balaban J connectivity index is 4.06. The highest BCUT2D eigenvalue weighted by atomic mass is 16.5. The number of methoxy groups -OCH3 is 1. The number of aliphatic hydroxyl groups excluding tert-OH is 1. The van der Waals surface area contributed by atoms with Crippen molar-refractivity contribution in [3.05, 3.63) is 0 Å². The van der Waals surface area contributed by atoms with Crippen LogP contribution in [0.2, 0.25) is 0 Å². The zero-order valence-electron chi connectivity index (χ0n) is 8.82. The summed E-state index contributed by atoms with van der Waals surface area (Å²) in [5, 5.41) is 11.8. The number of hydrogen-bond donors (Lipinski definition) is 3. The molecule has 0 aromatic carbocycles. The molecule has 84 valence electrons. The third kappa shape index (κ3) is 4.55. The monoisotopic (exact) mass is 204 g/mol. The van der Waals surface area contributed by atoms with Gasteiger partial charge in [-0.1, -0.05) is 6.92 Å². The summed E-state index contributed by atoms with van der Waals surface area (Å²) >= 11 is 0. The second-order valence-electron chi connectivity index (χ2n) is 3.10. The molecule has 14 heavy (non-hydrogen) atoms. The van der Waals surface area contributed by atoms with Crippen LogP contribution >= 0.6 is 0 Å². The zero-order chi connectivity index (χ0) is 11.0. The Labute approximate surface area is 84.6 Å². The zero-order valence-corrected chi connectivity index (χ0v) is 8.82. The van der Waals surface area contributed by atoms with Crippen molar-refractivity contribution in [2.24, 2.45) is 5.73 Å². The first-order valence-electron chi connectivity index (χ1n) is 4.84. The molecule has 0 aromatic heterocycles. The van der Waals surface area contributed by atoms with Gasteiger partial charge in [-0.3, -0.25) is 4.79 Å². The summed E-state index contributed by atoms with van der Waals surface area (Å²) < 4.78 is 4.58. The van der Waals surface area contributed by atoms with Crippen molar-refractivity contribution in [2.75, 3.05) is 20.3 Å². The van der Waals surface area contributed by atoms with E-state index in [2.05, 4.69) is 10.1 Å². The summed E-state index contributed by atoms with van der Waals surface area (Å²) in [5.74, 6) is -0.358. The third-order valence-corrected chi connectivity index (χ3v) is 2.13. The van der Waals surface area contributed by atoms with Gasteiger partial charge in [-0.05, 0) is 12.8 Å². The van der Waals surface area contributed by atoms with E-state index in [-0.39, 0.29) is 25.2 Å². The fourth-order valence-electron chi connectivity index (χ4n) is 1.22. The van der Waals surface area contributed by atoms with E-state index >= 15 is 0 Å². The standard InChI is InChI=1S/C9H20N2O3/c1-3-7(4-5-12)11-8(6-10)9(13)14-2/h7-8,11-12H,3-6,10H2,1-2H3. The van der Waals surface area contributed by atoms with E-state index in [0.29, 0.717) is 6.42 Å². The number of aliphatic hydroxyl groups is 1. The molecular formula is C9H20N2O3. The number of carbonyl (C=O) groups is 1. The van der Waals surface area contributed by atoms with E-state index in [4.69, 9.17) is 10.8 Å². The first kappa shape index (κ1) is 13.4. The number of nitrogens with two attached hydrogens (primary N) is 1. The smallest absolute Gasteiger partial charge is 0.324 e. The Bertz CT molecular complexity index is 164. The lowest BCUT2D eigenvalue weighted by molar-refractivity contribution is -0.143. The van der Waals surface area contributed by atoms with Crippen molar-refractivity contribution in [3.8, 4) is 0 Å². The number of esters is 1. The number of nitrogens with one attached hydrogen (secondary N) is 1. The first-order chi connectivity index (χ1) is 6.69. The van der Waals surface area contributed by atoms with Crippen LogP contribution in [0.5, 0.6) is 0 Å². The molecule has 5 nitrogen and oxygen atoms in total. The van der Waals surface area contributed by atoms with E-state index in [1.54, 1.807) is 0 Å². The van der Waals surface area contributed by atoms with Crippen molar-refractivity contribution in [3.63, 3.8) is 0 Å². The molecule has 0 saturated heterocycles. The summed E-state index contributed by atoms with van der Waals surface area (Å²) in [7, 11) is 1.33. The summed E-state index contributed by atoms with van der Waals surface area (Å²) in [6.45, 7) is 2.29. The molecule has 0 rings (SSSR count). The molecule has 2 atom stereocenters. The van der Waals surface area contributed by atoms with Gasteiger partial charge in [0.15, 0.2) is 0 Å². The SMILES string of the molecule is CCC(CCO)NC(CN)C(=O)OC. The lowest BCUT2D eigenvalue weighted by Crippen LogP contribution is -2.48. The van der Waals surface area contributed by atoms with E-state index in [0.717, 1.165) is 6.42 Å². The predicted molar refractivity (Wildman–Crippen MR) is 53.8 cm³/mol. The van der Waals surface area contributed by atoms with Gasteiger partial charge in [0.05, 0.1) is 7.11 Å². The molecule has 0 radical (unpaired) electrons. The number of carbonyl (C=O) groups excluding carboxylic acids is 1. The van der Waals surface area contributed by atoms with Crippen molar-refractivity contribution < 1.29 is 14.6 Å². The van der Waals surface area contributed by atoms with Crippen LogP contribution in [0.25, 0.3) is 0 Å². The second-order valence-corrected chi connectivity index (χ2v) is 3.10. The van der Waals surface area contributed by atoms with Gasteiger partial charge >= 0.3 is 5.97 Å². The van der Waals surface area contributed by atoms with Gasteiger partial charge in [0.25, 0.3) is 0 Å². The van der Waals surface area contributed by atoms with E-state index in [1.807, 2.05) is 6.92 Å². The quantitative estimate of drug-likeness (QED) is 0.475. The molecule has 0 saturated carbocycles. The van der Waals surface area contributed by atoms with Gasteiger partial charge < -0.3 is 20.9 Å². The molecule has 4 N–H and O–H groups in total. The molecule has 0 aliphatic carbocycles. The molecule has 0 amide bonds. The fraction of sp³-hybridized carbons (Fsp3) is 0.889. The largest absolute Gasteiger partial charge is 0.468 e. The van der Waals surface area contributed by atoms with Crippen LogP contribution in [-0.4, -0.2) is 43.4 Å². The fourth-order valence-corrected chi connectivity index (χ4v) is 1.22. The number of rotatable bonds is 7. The van der Waals surface area contributed by atoms with E-state index < -0.39 is 6.04 Å². The van der Waals surface area contributed by atoms with Gasteiger partial charge in [0.1, 0.15) is 6.04 Å². The number of ether oxygens (including phenoxy) is 1. The van der Waals surface area contributed by atoms with Crippen molar-refractivity contribution in [2.45, 2.75) is 31.8 Å². The van der Waals surface area contributed by atoms with Gasteiger partial charge in [0, 0.05) is 19.2 Å². The van der Waals surface area contributed by atoms with Crippen molar-refractivity contribution in [1.29, 1.82) is 0 Å². The minimum Gasteiger partial charge on any atom is -0.468 e. The maximum Gasteiger partial charge on any atom is 0.324 e. The summed E-state index contributed by atoms with van der Waals surface area (Å²) in [5.41, 5.74) is 5.42. The Kier molecular flexibility index (Phi) is 7.37. The minimum absolute atomic E-state index is 0.101. The third-order valence-electron chi connectivity index (χ3n) is 2.13. The maximum absolute atomic E-state index is 11.2. The van der Waals surface area contributed by atoms with Crippen molar-refractivity contribution in [1.82, 2.24) is 5.32 Å². The highest BCUT2D eigenvalue weighted by molar-refractivity contribution is 5.75. The Morgan fingerprint density at radius 1 is 1.64 bits per heavy atom. The Hall–Kier alpha value is -0.650. The van der Waals surface area contributed by atoms with Crippen LogP contribution < -0.4 is 11.1 Å². The molecule has 2 unspecified atom stereocenters. The average molecular weight is 204 g/mol. The maximum atomic E-state index is 11.2. The minimum atomic E-state index is -0.475. The van der Waals surface area contributed by atoms with Crippen LogP contribution in [0.4, 0.5) is 0 Å². The van der Waals surface area contributed by atoms with Gasteiger partial charge in [-0.15, -0.1) is 0 Å². The average Bonchev–Trinajstić information content (AvgIpc) is 2.23. The molecule has 0 fully saturated rings. The van der Waals surface area contributed by atoms with Gasteiger partial charge in [0.2, 0.25) is 0 Å². The van der Waals surface area contributed by atoms with Crippen LogP contribution in [-0.2, 0) is 9.53 Å². The van der Waals surface area contributed by atoms with Crippen LogP contribution in [0.15, 0.2) is 0 Å². The lowest BCUT2D eigenvalue weighted by atomic mass is 10.1. The Morgan fingerprint density at radius 2 is 2.29 bits per heavy atom. The van der Waals surface area contributed by atoms with E-state index in [9.17, 15) is 4.79 Å². The molecule has 0 aromatic rings. The highest BCUT2D eigenvalue weighted by Crippen LogP contribution is 1.99. The first-order valence-corrected chi connectivity index (χ1v) is 4.84. The van der Waals surface area contributed by atoms with E-state index in [1.165, 1.54) is 7.11 Å². The summed E-state index contributed by atoms with van der Waals surface area (Å²) in [4.78, 5) is 11.2. The molecule has 0 aliphatic rings. The highest BCUT2D eigenvalue weighted by Gasteiger charge is 2.19. The number of hydrogen-bond acceptors (Lipinski definition) is 5. The predicted octanol–water partition coefficient (Wildman–Crippen LogP) is -0.763. The molecule has 0 aliphatic heterocycles. The lowest BCUT2D eigenvalue weighted by Gasteiger charge is -2.21. The summed E-state index contributed by atoms with van der Waals surface area (Å²) in [6.07, 6.45) is 1.46. The normalized spacial score (nSPS) is 14.9. The topological polar surface area (TPSA) is 84.6 Å². The van der Waals surface area contributed by atoms with Crippen LogP contribution in [0.1, 0.15) is 19.8 Å². The van der Waals surface area contributed by atoms with Gasteiger partial charge in [-0.2, -0.15) is 0 Å². The van der Waals surface area contributed by atoms with Crippen LogP contribution in [0, 0.1) is 0 Å². The van der Waals surface area contributed by atoms with Crippen molar-refractivity contribution >= 4 is 5.97 Å². The molecule has 0 heterocycles. The van der Waals surface area contributed by atoms with Crippen LogP contribution in [0.3, 0.4) is 0 Å². The second kappa shape index (κ2) is 7.73. The Morgan fingerprint density at radius 3 is 2.64 bits per heavy atom. The van der Waals surface area contributed by atoms with Gasteiger partial charge in [-0.25, -0.2) is 0 Å². The molecule has 5 heteroatoms. The molecule has 0 spiro atoms. The summed E-state index contributed by atoms with van der Waals surface area (Å²) in [6, 6.07) is -0.371. The molecular weight excluding hydrogens is 184 g/mol.